The highest BCUT2D eigenvalue weighted by molar-refractivity contribution is 5.76. The summed E-state index contributed by atoms with van der Waals surface area (Å²) in [6.07, 6.45) is 5.94. The molecule has 0 unspecified atom stereocenters. The van der Waals surface area contributed by atoms with Crippen molar-refractivity contribution in [2.24, 2.45) is 11.1 Å². The molecule has 1 saturated carbocycles. The molecule has 0 spiro atoms. The number of hydrogen-bond donors (Lipinski definition) is 2. The van der Waals surface area contributed by atoms with Crippen molar-refractivity contribution in [3.8, 4) is 0 Å². The minimum Gasteiger partial charge on any atom is -0.353 e. The Bertz CT molecular complexity index is 256. The van der Waals surface area contributed by atoms with Gasteiger partial charge in [-0.1, -0.05) is 13.8 Å². The number of carbonyl (C=O) groups is 1. The molecule has 0 heterocycles. The summed E-state index contributed by atoms with van der Waals surface area (Å²) in [5, 5.41) is 3.13. The third-order valence-electron chi connectivity index (χ3n) is 3.70. The monoisotopic (exact) mass is 240 g/mol. The molecule has 1 aliphatic carbocycles. The molecule has 3 N–H and O–H groups in total. The standard InChI is InChI=1S/C14H28N2O/c1-13(2)8-5-11(6-9-13)16-12(17)7-10-14(3,4)15/h11H,5-10,15H2,1-4H3,(H,16,17). The summed E-state index contributed by atoms with van der Waals surface area (Å²) in [7, 11) is 0. The minimum absolute atomic E-state index is 0.160. The van der Waals surface area contributed by atoms with Gasteiger partial charge in [0.2, 0.25) is 5.91 Å². The lowest BCUT2D eigenvalue weighted by molar-refractivity contribution is -0.122. The van der Waals surface area contributed by atoms with E-state index in [1.807, 2.05) is 13.8 Å². The second-order valence-electron chi connectivity index (χ2n) is 6.99. The molecule has 100 valence electrons. The van der Waals surface area contributed by atoms with E-state index in [2.05, 4.69) is 19.2 Å². The molecule has 0 bridgehead atoms. The predicted octanol–water partition coefficient (Wildman–Crippen LogP) is 2.59. The van der Waals surface area contributed by atoms with E-state index in [0.717, 1.165) is 19.3 Å². The molecule has 0 atom stereocenters. The summed E-state index contributed by atoms with van der Waals surface area (Å²) in [6.45, 7) is 8.54. The minimum atomic E-state index is -0.244. The molecule has 3 heteroatoms. The third kappa shape index (κ3) is 6.06. The third-order valence-corrected chi connectivity index (χ3v) is 3.70. The molecule has 1 fully saturated rings. The Morgan fingerprint density at radius 3 is 2.35 bits per heavy atom. The lowest BCUT2D eigenvalue weighted by Gasteiger charge is -2.34. The zero-order chi connectivity index (χ0) is 13.1. The van der Waals surface area contributed by atoms with Crippen LogP contribution < -0.4 is 11.1 Å². The summed E-state index contributed by atoms with van der Waals surface area (Å²) >= 11 is 0. The Labute approximate surface area is 106 Å². The van der Waals surface area contributed by atoms with Crippen LogP contribution in [0.15, 0.2) is 0 Å². The fourth-order valence-electron chi connectivity index (χ4n) is 2.28. The van der Waals surface area contributed by atoms with Gasteiger partial charge in [-0.05, 0) is 51.4 Å². The smallest absolute Gasteiger partial charge is 0.220 e. The van der Waals surface area contributed by atoms with Gasteiger partial charge in [0.15, 0.2) is 0 Å². The van der Waals surface area contributed by atoms with Gasteiger partial charge in [0, 0.05) is 18.0 Å². The molecule has 0 aromatic rings. The van der Waals surface area contributed by atoms with Gasteiger partial charge in [-0.2, -0.15) is 0 Å². The van der Waals surface area contributed by atoms with E-state index in [1.165, 1.54) is 12.8 Å². The summed E-state index contributed by atoms with van der Waals surface area (Å²) in [5.41, 5.74) is 6.09. The summed E-state index contributed by atoms with van der Waals surface area (Å²) in [4.78, 5) is 11.8. The quantitative estimate of drug-likeness (QED) is 0.793. The van der Waals surface area contributed by atoms with Crippen LogP contribution in [0.4, 0.5) is 0 Å². The average molecular weight is 240 g/mol. The molecule has 0 saturated heterocycles. The highest BCUT2D eigenvalue weighted by Crippen LogP contribution is 2.34. The van der Waals surface area contributed by atoms with Gasteiger partial charge < -0.3 is 11.1 Å². The Hall–Kier alpha value is -0.570. The first kappa shape index (κ1) is 14.5. The molecular weight excluding hydrogens is 212 g/mol. The van der Waals surface area contributed by atoms with Crippen molar-refractivity contribution in [3.63, 3.8) is 0 Å². The van der Waals surface area contributed by atoms with Gasteiger partial charge in [0.05, 0.1) is 0 Å². The number of amides is 1. The molecule has 1 aliphatic rings. The van der Waals surface area contributed by atoms with E-state index in [1.54, 1.807) is 0 Å². The molecule has 0 aromatic heterocycles. The SMILES string of the molecule is CC(C)(N)CCC(=O)NC1CCC(C)(C)CC1. The Morgan fingerprint density at radius 2 is 1.88 bits per heavy atom. The van der Waals surface area contributed by atoms with Crippen LogP contribution in [-0.4, -0.2) is 17.5 Å². The first-order valence-corrected chi connectivity index (χ1v) is 6.76. The van der Waals surface area contributed by atoms with Crippen molar-refractivity contribution in [2.75, 3.05) is 0 Å². The van der Waals surface area contributed by atoms with Crippen LogP contribution in [0.5, 0.6) is 0 Å². The number of rotatable bonds is 4. The fourth-order valence-corrected chi connectivity index (χ4v) is 2.28. The zero-order valence-electron chi connectivity index (χ0n) is 11.8. The van der Waals surface area contributed by atoms with E-state index in [-0.39, 0.29) is 11.4 Å². The van der Waals surface area contributed by atoms with Gasteiger partial charge >= 0.3 is 0 Å². The lowest BCUT2D eigenvalue weighted by atomic mass is 9.75. The maximum absolute atomic E-state index is 11.8. The molecule has 0 aromatic carbocycles. The maximum Gasteiger partial charge on any atom is 0.220 e. The second kappa shape index (κ2) is 5.38. The molecule has 1 rings (SSSR count). The predicted molar refractivity (Wildman–Crippen MR) is 71.7 cm³/mol. The number of nitrogens with two attached hydrogens (primary N) is 1. The Morgan fingerprint density at radius 1 is 1.35 bits per heavy atom. The molecular formula is C14H28N2O. The van der Waals surface area contributed by atoms with Gasteiger partial charge in [-0.15, -0.1) is 0 Å². The van der Waals surface area contributed by atoms with Crippen LogP contribution in [-0.2, 0) is 4.79 Å². The summed E-state index contributed by atoms with van der Waals surface area (Å²) < 4.78 is 0. The van der Waals surface area contributed by atoms with Crippen LogP contribution in [0.3, 0.4) is 0 Å². The van der Waals surface area contributed by atoms with E-state index < -0.39 is 0 Å². The number of nitrogens with one attached hydrogen (secondary N) is 1. The van der Waals surface area contributed by atoms with Crippen molar-refractivity contribution >= 4 is 5.91 Å². The Kier molecular flexibility index (Phi) is 4.59. The van der Waals surface area contributed by atoms with Crippen LogP contribution in [0.25, 0.3) is 0 Å². The summed E-state index contributed by atoms with van der Waals surface area (Å²) in [6, 6.07) is 0.386. The number of carbonyl (C=O) groups excluding carboxylic acids is 1. The fraction of sp³-hybridized carbons (Fsp3) is 0.929. The van der Waals surface area contributed by atoms with Crippen molar-refractivity contribution in [3.05, 3.63) is 0 Å². The summed E-state index contributed by atoms with van der Waals surface area (Å²) in [5.74, 6) is 0.160. The normalized spacial score (nSPS) is 21.2. The van der Waals surface area contributed by atoms with Gasteiger partial charge in [0.25, 0.3) is 0 Å². The Balaban J connectivity index is 2.24. The number of hydrogen-bond acceptors (Lipinski definition) is 2. The van der Waals surface area contributed by atoms with Crippen LogP contribution >= 0.6 is 0 Å². The highest BCUT2D eigenvalue weighted by atomic mass is 16.1. The van der Waals surface area contributed by atoms with E-state index in [9.17, 15) is 4.79 Å². The van der Waals surface area contributed by atoms with Crippen LogP contribution in [0, 0.1) is 5.41 Å². The van der Waals surface area contributed by atoms with Gasteiger partial charge in [-0.25, -0.2) is 0 Å². The first-order valence-electron chi connectivity index (χ1n) is 6.76. The molecule has 0 aliphatic heterocycles. The lowest BCUT2D eigenvalue weighted by Crippen LogP contribution is -2.40. The van der Waals surface area contributed by atoms with E-state index in [0.29, 0.717) is 17.9 Å². The van der Waals surface area contributed by atoms with E-state index in [4.69, 9.17) is 5.73 Å². The van der Waals surface area contributed by atoms with Crippen molar-refractivity contribution in [1.29, 1.82) is 0 Å². The highest BCUT2D eigenvalue weighted by Gasteiger charge is 2.27. The molecule has 0 radical (unpaired) electrons. The van der Waals surface area contributed by atoms with Gasteiger partial charge in [-0.3, -0.25) is 4.79 Å². The topological polar surface area (TPSA) is 55.1 Å². The molecule has 3 nitrogen and oxygen atoms in total. The molecule has 17 heavy (non-hydrogen) atoms. The van der Waals surface area contributed by atoms with E-state index >= 15 is 0 Å². The zero-order valence-corrected chi connectivity index (χ0v) is 11.8. The maximum atomic E-state index is 11.8. The molecule has 1 amide bonds. The average Bonchev–Trinajstić information content (AvgIpc) is 2.17. The largest absolute Gasteiger partial charge is 0.353 e. The van der Waals surface area contributed by atoms with Crippen LogP contribution in [0.1, 0.15) is 66.2 Å². The second-order valence-corrected chi connectivity index (χ2v) is 6.99. The van der Waals surface area contributed by atoms with Crippen molar-refractivity contribution in [2.45, 2.75) is 77.8 Å². The van der Waals surface area contributed by atoms with Crippen molar-refractivity contribution < 1.29 is 4.79 Å². The van der Waals surface area contributed by atoms with Gasteiger partial charge in [0.1, 0.15) is 0 Å². The first-order chi connectivity index (χ1) is 7.68. The van der Waals surface area contributed by atoms with Crippen LogP contribution in [0.2, 0.25) is 0 Å². The van der Waals surface area contributed by atoms with Crippen molar-refractivity contribution in [1.82, 2.24) is 5.32 Å².